The normalized spacial score (nSPS) is 16.3. The number of nitrogens with one attached hydrogen (secondary N) is 2. The minimum atomic E-state index is -2.82. The fraction of sp³-hybridized carbons (Fsp3) is 0.348. The van der Waals surface area contributed by atoms with E-state index >= 15 is 0 Å². The van der Waals surface area contributed by atoms with Gasteiger partial charge in [0.05, 0.1) is 0 Å². The van der Waals surface area contributed by atoms with Gasteiger partial charge in [0.2, 0.25) is 0 Å². The van der Waals surface area contributed by atoms with Gasteiger partial charge in [0.25, 0.3) is 5.56 Å². The van der Waals surface area contributed by atoms with Crippen LogP contribution in [0.2, 0.25) is 0 Å². The Morgan fingerprint density at radius 2 is 1.97 bits per heavy atom. The van der Waals surface area contributed by atoms with Crippen LogP contribution >= 0.6 is 0 Å². The highest BCUT2D eigenvalue weighted by molar-refractivity contribution is 5.56. The quantitative estimate of drug-likeness (QED) is 0.599. The lowest BCUT2D eigenvalue weighted by molar-refractivity contribution is -0.0498. The minimum Gasteiger partial charge on any atom is -0.435 e. The van der Waals surface area contributed by atoms with Crippen LogP contribution < -0.4 is 20.5 Å². The van der Waals surface area contributed by atoms with Gasteiger partial charge in [-0.3, -0.25) is 4.79 Å². The fourth-order valence-corrected chi connectivity index (χ4v) is 3.78. The summed E-state index contributed by atoms with van der Waals surface area (Å²) in [7, 11) is 0. The highest BCUT2D eigenvalue weighted by atomic mass is 19.3. The molecule has 0 aliphatic carbocycles. The van der Waals surface area contributed by atoms with Gasteiger partial charge in [-0.15, -0.1) is 0 Å². The van der Waals surface area contributed by atoms with Crippen molar-refractivity contribution in [1.82, 2.24) is 15.0 Å². The van der Waals surface area contributed by atoms with Gasteiger partial charge in [-0.25, -0.2) is 9.97 Å². The minimum absolute atomic E-state index is 0.147. The van der Waals surface area contributed by atoms with Crippen LogP contribution in [0.1, 0.15) is 24.1 Å². The number of aromatic amines is 1. The number of aromatic nitrogens is 3. The van der Waals surface area contributed by atoms with Crippen LogP contribution in [0.3, 0.4) is 0 Å². The Balaban J connectivity index is 1.40. The van der Waals surface area contributed by atoms with Gasteiger partial charge in [0, 0.05) is 47.8 Å². The maximum atomic E-state index is 12.3. The molecule has 1 aliphatic heterocycles. The maximum Gasteiger partial charge on any atom is 0.387 e. The standard InChI is InChI=1S/C23H25F2N5O2/c1-14-15(2)27-21(29-22(14)31)16-5-10-20(26-12-16)28-17-4-3-11-30(13-17)18-6-8-19(9-7-18)32-23(24)25/h5-10,12,17,23H,3-4,11,13H2,1-2H3,(H,26,28)(H,27,29,31). The van der Waals surface area contributed by atoms with Crippen LogP contribution in [0.15, 0.2) is 47.4 Å². The highest BCUT2D eigenvalue weighted by Crippen LogP contribution is 2.25. The number of alkyl halides is 2. The number of aryl methyl sites for hydroxylation is 1. The number of rotatable bonds is 6. The average molecular weight is 441 g/mol. The molecule has 1 saturated heterocycles. The van der Waals surface area contributed by atoms with Gasteiger partial charge in [-0.05, 0) is 63.1 Å². The van der Waals surface area contributed by atoms with E-state index in [1.165, 1.54) is 0 Å². The summed E-state index contributed by atoms with van der Waals surface area (Å²) in [6.45, 7) is 2.39. The van der Waals surface area contributed by atoms with Gasteiger partial charge in [-0.1, -0.05) is 0 Å². The number of H-pyrrole nitrogens is 1. The van der Waals surface area contributed by atoms with E-state index in [0.717, 1.165) is 43.0 Å². The van der Waals surface area contributed by atoms with Crippen LogP contribution in [0.25, 0.3) is 11.4 Å². The molecule has 1 atom stereocenters. The van der Waals surface area contributed by atoms with Crippen molar-refractivity contribution in [3.05, 3.63) is 64.2 Å². The van der Waals surface area contributed by atoms with Gasteiger partial charge in [-0.2, -0.15) is 8.78 Å². The van der Waals surface area contributed by atoms with E-state index in [2.05, 4.69) is 29.9 Å². The molecule has 0 radical (unpaired) electrons. The van der Waals surface area contributed by atoms with E-state index in [0.29, 0.717) is 17.1 Å². The molecule has 4 rings (SSSR count). The summed E-state index contributed by atoms with van der Waals surface area (Å²) >= 11 is 0. The van der Waals surface area contributed by atoms with Crippen LogP contribution in [-0.2, 0) is 0 Å². The summed E-state index contributed by atoms with van der Waals surface area (Å²) in [6.07, 6.45) is 3.69. The van der Waals surface area contributed by atoms with Crippen LogP contribution in [0.5, 0.6) is 5.75 Å². The van der Waals surface area contributed by atoms with Crippen molar-refractivity contribution >= 4 is 11.5 Å². The first-order chi connectivity index (χ1) is 15.4. The van der Waals surface area contributed by atoms with Crippen molar-refractivity contribution in [1.29, 1.82) is 0 Å². The SMILES string of the molecule is Cc1nc(-c2ccc(NC3CCCN(c4ccc(OC(F)F)cc4)C3)nc2)[nH]c(=O)c1C. The van der Waals surface area contributed by atoms with Crippen molar-refractivity contribution in [3.8, 4) is 17.1 Å². The summed E-state index contributed by atoms with van der Waals surface area (Å²) in [5.41, 5.74) is 2.87. The lowest BCUT2D eigenvalue weighted by atomic mass is 10.0. The lowest BCUT2D eigenvalue weighted by Crippen LogP contribution is -2.42. The Morgan fingerprint density at radius 1 is 1.19 bits per heavy atom. The number of anilines is 2. The first-order valence-corrected chi connectivity index (χ1v) is 10.5. The number of ether oxygens (including phenoxy) is 1. The van der Waals surface area contributed by atoms with E-state index in [-0.39, 0.29) is 17.4 Å². The number of hydrogen-bond acceptors (Lipinski definition) is 6. The highest BCUT2D eigenvalue weighted by Gasteiger charge is 2.20. The van der Waals surface area contributed by atoms with Crippen LogP contribution in [0.4, 0.5) is 20.3 Å². The smallest absolute Gasteiger partial charge is 0.387 e. The van der Waals surface area contributed by atoms with E-state index in [9.17, 15) is 13.6 Å². The molecule has 2 N–H and O–H groups in total. The van der Waals surface area contributed by atoms with Gasteiger partial charge in [0.1, 0.15) is 17.4 Å². The molecule has 1 aliphatic rings. The van der Waals surface area contributed by atoms with Crippen LogP contribution in [0, 0.1) is 13.8 Å². The monoisotopic (exact) mass is 441 g/mol. The van der Waals surface area contributed by atoms with Gasteiger partial charge >= 0.3 is 6.61 Å². The zero-order chi connectivity index (χ0) is 22.7. The lowest BCUT2D eigenvalue weighted by Gasteiger charge is -2.35. The molecule has 3 aromatic rings. The fourth-order valence-electron chi connectivity index (χ4n) is 3.78. The third kappa shape index (κ3) is 5.04. The molecule has 0 spiro atoms. The molecule has 3 heterocycles. The molecular weight excluding hydrogens is 416 g/mol. The zero-order valence-electron chi connectivity index (χ0n) is 17.9. The summed E-state index contributed by atoms with van der Waals surface area (Å²) in [5, 5.41) is 3.46. The van der Waals surface area contributed by atoms with Crippen molar-refractivity contribution < 1.29 is 13.5 Å². The Bertz CT molecular complexity index is 1120. The van der Waals surface area contributed by atoms with Gasteiger partial charge in [0.15, 0.2) is 0 Å². The molecule has 32 heavy (non-hydrogen) atoms. The first kappa shape index (κ1) is 21.7. The summed E-state index contributed by atoms with van der Waals surface area (Å²) < 4.78 is 29.1. The molecule has 168 valence electrons. The number of pyridine rings is 1. The predicted molar refractivity (Wildman–Crippen MR) is 119 cm³/mol. The van der Waals surface area contributed by atoms with Crippen LogP contribution in [-0.4, -0.2) is 40.7 Å². The van der Waals surface area contributed by atoms with Crippen molar-refractivity contribution in [2.24, 2.45) is 0 Å². The largest absolute Gasteiger partial charge is 0.435 e. The van der Waals surface area contributed by atoms with E-state index in [4.69, 9.17) is 0 Å². The number of piperidine rings is 1. The van der Waals surface area contributed by atoms with Crippen molar-refractivity contribution in [2.75, 3.05) is 23.3 Å². The first-order valence-electron chi connectivity index (χ1n) is 10.5. The molecule has 0 saturated carbocycles. The predicted octanol–water partition coefficient (Wildman–Crippen LogP) is 4.13. The van der Waals surface area contributed by atoms with E-state index in [1.807, 2.05) is 19.1 Å². The zero-order valence-corrected chi connectivity index (χ0v) is 17.9. The number of nitrogens with zero attached hydrogens (tertiary/aromatic N) is 3. The molecule has 1 unspecified atom stereocenters. The second-order valence-corrected chi connectivity index (χ2v) is 7.86. The molecular formula is C23H25F2N5O2. The third-order valence-electron chi connectivity index (χ3n) is 5.63. The number of benzene rings is 1. The molecule has 1 fully saturated rings. The topological polar surface area (TPSA) is 83.1 Å². The third-order valence-corrected chi connectivity index (χ3v) is 5.63. The Labute approximate surface area is 184 Å². The van der Waals surface area contributed by atoms with Crippen molar-refractivity contribution in [3.63, 3.8) is 0 Å². The summed E-state index contributed by atoms with van der Waals surface area (Å²) in [6, 6.07) is 10.7. The Morgan fingerprint density at radius 3 is 2.62 bits per heavy atom. The van der Waals surface area contributed by atoms with E-state index < -0.39 is 6.61 Å². The molecule has 0 bridgehead atoms. The summed E-state index contributed by atoms with van der Waals surface area (Å²) in [4.78, 5) is 25.9. The number of halogens is 2. The maximum absolute atomic E-state index is 12.3. The second kappa shape index (κ2) is 9.33. The van der Waals surface area contributed by atoms with Crippen molar-refractivity contribution in [2.45, 2.75) is 39.3 Å². The molecule has 7 nitrogen and oxygen atoms in total. The Kier molecular flexibility index (Phi) is 6.34. The summed E-state index contributed by atoms with van der Waals surface area (Å²) in [5.74, 6) is 1.40. The molecule has 1 aromatic carbocycles. The second-order valence-electron chi connectivity index (χ2n) is 7.86. The molecule has 0 amide bonds. The average Bonchev–Trinajstić information content (AvgIpc) is 2.78. The van der Waals surface area contributed by atoms with Gasteiger partial charge < -0.3 is 19.9 Å². The number of hydrogen-bond donors (Lipinski definition) is 2. The molecule has 2 aromatic heterocycles. The molecule has 9 heteroatoms. The Hall–Kier alpha value is -3.49. The van der Waals surface area contributed by atoms with E-state index in [1.54, 1.807) is 37.4 Å².